The van der Waals surface area contributed by atoms with Gasteiger partial charge in [0.05, 0.1) is 25.4 Å². The number of carbonyl (C=O) groups is 2. The summed E-state index contributed by atoms with van der Waals surface area (Å²) in [4.78, 5) is 26.0. The largest absolute Gasteiger partial charge is 0.484 e. The molecule has 0 saturated heterocycles. The number of carboxylic acids is 1. The molecule has 0 unspecified atom stereocenters. The van der Waals surface area contributed by atoms with E-state index in [1.165, 1.54) is 12.0 Å². The molecular formula is C31H48N2O8. The number of benzene rings is 2. The third-order valence-electron chi connectivity index (χ3n) is 6.44. The number of nitrogens with zero attached hydrogens (tertiary/aromatic N) is 1. The van der Waals surface area contributed by atoms with Crippen molar-refractivity contribution in [2.45, 2.75) is 64.0 Å². The van der Waals surface area contributed by atoms with E-state index < -0.39 is 37.4 Å². The number of unbranched alkanes of at least 4 members (excludes halogenated alkanes) is 3. The van der Waals surface area contributed by atoms with Crippen LogP contribution >= 0.6 is 0 Å². The van der Waals surface area contributed by atoms with Gasteiger partial charge in [0.15, 0.2) is 12.7 Å². The van der Waals surface area contributed by atoms with Crippen molar-refractivity contribution in [2.75, 3.05) is 46.1 Å². The van der Waals surface area contributed by atoms with Gasteiger partial charge in [-0.25, -0.2) is 4.79 Å². The first-order valence-electron chi connectivity index (χ1n) is 14.2. The molecule has 230 valence electrons. The van der Waals surface area contributed by atoms with Gasteiger partial charge in [0.2, 0.25) is 0 Å². The van der Waals surface area contributed by atoms with E-state index in [4.69, 9.17) is 30.5 Å². The fourth-order valence-electron chi connectivity index (χ4n) is 3.74. The number of amides is 1. The first kappa shape index (κ1) is 36.0. The van der Waals surface area contributed by atoms with Crippen LogP contribution in [-0.4, -0.2) is 95.0 Å². The summed E-state index contributed by atoms with van der Waals surface area (Å²) in [6, 6.07) is 17.3. The standard InChI is InChI=1S/C27H37NO5.C4H11NO3/c1-3-5-6-10-18-28(19-17-22-11-8-7-9-12-22)26(29)21-33-24-15-13-23(14-16-24)20-25(27(30)31)32-4-2;5-4(1-6,2-7)3-8/h7-9,11-16,25H,3-6,10,17-21H2,1-2H3,(H,30,31);6-8H,1-3,5H2/t25-;/m0./s1. The molecule has 6 N–H and O–H groups in total. The van der Waals surface area contributed by atoms with Gasteiger partial charge in [-0.05, 0) is 43.0 Å². The third-order valence-corrected chi connectivity index (χ3v) is 6.44. The number of nitrogens with two attached hydrogens (primary N) is 1. The Morgan fingerprint density at radius 2 is 1.51 bits per heavy atom. The van der Waals surface area contributed by atoms with Crippen molar-refractivity contribution in [2.24, 2.45) is 5.73 Å². The maximum Gasteiger partial charge on any atom is 0.333 e. The van der Waals surface area contributed by atoms with Crippen LogP contribution < -0.4 is 10.5 Å². The van der Waals surface area contributed by atoms with E-state index in [2.05, 4.69) is 19.1 Å². The fourth-order valence-corrected chi connectivity index (χ4v) is 3.74. The number of hydrogen-bond acceptors (Lipinski definition) is 8. The number of rotatable bonds is 19. The zero-order valence-corrected chi connectivity index (χ0v) is 24.4. The van der Waals surface area contributed by atoms with Crippen LogP contribution in [0.2, 0.25) is 0 Å². The Bertz CT molecular complexity index is 960. The maximum absolute atomic E-state index is 12.9. The predicted octanol–water partition coefficient (Wildman–Crippen LogP) is 2.41. The number of aliphatic hydroxyl groups excluding tert-OH is 3. The van der Waals surface area contributed by atoms with E-state index >= 15 is 0 Å². The third kappa shape index (κ3) is 15.0. The fraction of sp³-hybridized carbons (Fsp3) is 0.548. The zero-order valence-electron chi connectivity index (χ0n) is 24.4. The maximum atomic E-state index is 12.9. The number of aliphatic hydroxyl groups is 3. The molecule has 2 rings (SSSR count). The molecule has 0 spiro atoms. The first-order chi connectivity index (χ1) is 19.7. The molecule has 1 atom stereocenters. The summed E-state index contributed by atoms with van der Waals surface area (Å²) in [6.07, 6.45) is 4.69. The van der Waals surface area contributed by atoms with Crippen molar-refractivity contribution in [3.05, 3.63) is 65.7 Å². The lowest BCUT2D eigenvalue weighted by molar-refractivity contribution is -0.150. The lowest BCUT2D eigenvalue weighted by Gasteiger charge is -2.23. The van der Waals surface area contributed by atoms with Gasteiger partial charge in [0.1, 0.15) is 5.75 Å². The molecule has 10 nitrogen and oxygen atoms in total. The second-order valence-electron chi connectivity index (χ2n) is 9.93. The smallest absolute Gasteiger partial charge is 0.333 e. The molecule has 0 aliphatic carbocycles. The normalized spacial score (nSPS) is 11.8. The lowest BCUT2D eigenvalue weighted by atomic mass is 10.1. The molecule has 0 aromatic heterocycles. The van der Waals surface area contributed by atoms with E-state index in [1.54, 1.807) is 19.1 Å². The average Bonchev–Trinajstić information content (AvgIpc) is 3.00. The van der Waals surface area contributed by atoms with Crippen LogP contribution in [-0.2, 0) is 27.2 Å². The molecule has 2 aromatic carbocycles. The number of carboxylic acid groups (broad SMARTS) is 1. The molecule has 0 radical (unpaired) electrons. The molecule has 2 aromatic rings. The highest BCUT2D eigenvalue weighted by Crippen LogP contribution is 2.15. The molecule has 10 heteroatoms. The number of ether oxygens (including phenoxy) is 2. The highest BCUT2D eigenvalue weighted by Gasteiger charge is 2.21. The van der Waals surface area contributed by atoms with Crippen LogP contribution in [0.15, 0.2) is 54.6 Å². The predicted molar refractivity (Wildman–Crippen MR) is 158 cm³/mol. The Morgan fingerprint density at radius 1 is 0.878 bits per heavy atom. The minimum Gasteiger partial charge on any atom is -0.484 e. The molecule has 1 amide bonds. The van der Waals surface area contributed by atoms with Gasteiger partial charge >= 0.3 is 5.97 Å². The monoisotopic (exact) mass is 576 g/mol. The quantitative estimate of drug-likeness (QED) is 0.158. The second kappa shape index (κ2) is 20.8. The van der Waals surface area contributed by atoms with Crippen molar-refractivity contribution in [3.63, 3.8) is 0 Å². The minimum atomic E-state index is -1.21. The topological polar surface area (TPSA) is 163 Å². The van der Waals surface area contributed by atoms with Gasteiger partial charge in [-0.1, -0.05) is 68.7 Å². The summed E-state index contributed by atoms with van der Waals surface area (Å²) in [5, 5.41) is 34.3. The highest BCUT2D eigenvalue weighted by atomic mass is 16.5. The molecule has 0 aliphatic rings. The van der Waals surface area contributed by atoms with Gasteiger partial charge in [-0.15, -0.1) is 0 Å². The van der Waals surface area contributed by atoms with Crippen molar-refractivity contribution < 1.29 is 39.5 Å². The van der Waals surface area contributed by atoms with Gasteiger partial charge < -0.3 is 40.5 Å². The number of carbonyl (C=O) groups excluding carboxylic acids is 1. The Labute approximate surface area is 243 Å². The summed E-state index contributed by atoms with van der Waals surface area (Å²) in [5.41, 5.74) is 5.99. The molecule has 41 heavy (non-hydrogen) atoms. The minimum absolute atomic E-state index is 0.0153. The summed E-state index contributed by atoms with van der Waals surface area (Å²) in [7, 11) is 0. The summed E-state index contributed by atoms with van der Waals surface area (Å²) >= 11 is 0. The van der Waals surface area contributed by atoms with Crippen LogP contribution in [0.5, 0.6) is 5.75 Å². The van der Waals surface area contributed by atoms with Gasteiger partial charge in [0, 0.05) is 26.1 Å². The molecule has 0 aliphatic heterocycles. The Morgan fingerprint density at radius 3 is 2.02 bits per heavy atom. The van der Waals surface area contributed by atoms with Crippen LogP contribution in [0.1, 0.15) is 50.7 Å². The SMILES string of the molecule is CCCCCCN(CCc1ccccc1)C(=O)COc1ccc(C[C@H](OCC)C(=O)O)cc1.NC(CO)(CO)CO. The van der Waals surface area contributed by atoms with Crippen LogP contribution in [0.3, 0.4) is 0 Å². The lowest BCUT2D eigenvalue weighted by Crippen LogP contribution is -2.50. The summed E-state index contributed by atoms with van der Waals surface area (Å²) in [5.74, 6) is -0.407. The van der Waals surface area contributed by atoms with Crippen molar-refractivity contribution in [1.29, 1.82) is 0 Å². The van der Waals surface area contributed by atoms with E-state index in [-0.39, 0.29) is 18.9 Å². The second-order valence-corrected chi connectivity index (χ2v) is 9.93. The average molecular weight is 577 g/mol. The van der Waals surface area contributed by atoms with Crippen LogP contribution in [0.25, 0.3) is 0 Å². The number of hydrogen-bond donors (Lipinski definition) is 5. The van der Waals surface area contributed by atoms with E-state index in [0.717, 1.165) is 37.8 Å². The van der Waals surface area contributed by atoms with Crippen LogP contribution in [0.4, 0.5) is 0 Å². The van der Waals surface area contributed by atoms with Gasteiger partial charge in [-0.2, -0.15) is 0 Å². The summed E-state index contributed by atoms with van der Waals surface area (Å²) in [6.45, 7) is 4.48. The molecule has 0 bridgehead atoms. The summed E-state index contributed by atoms with van der Waals surface area (Å²) < 4.78 is 11.0. The zero-order chi connectivity index (χ0) is 30.5. The molecule has 0 fully saturated rings. The number of aliphatic carboxylic acids is 1. The highest BCUT2D eigenvalue weighted by molar-refractivity contribution is 5.77. The Kier molecular flexibility index (Phi) is 18.3. The van der Waals surface area contributed by atoms with Crippen LogP contribution in [0, 0.1) is 0 Å². The van der Waals surface area contributed by atoms with E-state index in [1.807, 2.05) is 35.2 Å². The van der Waals surface area contributed by atoms with Gasteiger partial charge in [-0.3, -0.25) is 4.79 Å². The first-order valence-corrected chi connectivity index (χ1v) is 14.2. The molecular weight excluding hydrogens is 528 g/mol. The van der Waals surface area contributed by atoms with Crippen molar-refractivity contribution in [1.82, 2.24) is 4.90 Å². The van der Waals surface area contributed by atoms with Crippen molar-refractivity contribution in [3.8, 4) is 5.75 Å². The molecule has 0 saturated carbocycles. The Hall–Kier alpha value is -3.02. The van der Waals surface area contributed by atoms with E-state index in [9.17, 15) is 14.7 Å². The van der Waals surface area contributed by atoms with E-state index in [0.29, 0.717) is 18.9 Å². The Balaban J connectivity index is 0.000000915. The molecule has 0 heterocycles. The van der Waals surface area contributed by atoms with Crippen molar-refractivity contribution >= 4 is 11.9 Å². The van der Waals surface area contributed by atoms with Gasteiger partial charge in [0.25, 0.3) is 5.91 Å².